The van der Waals surface area contributed by atoms with Gasteiger partial charge in [-0.05, 0) is 30.3 Å². The van der Waals surface area contributed by atoms with Gasteiger partial charge in [0.05, 0.1) is 18.3 Å². The van der Waals surface area contributed by atoms with Crippen molar-refractivity contribution in [2.45, 2.75) is 0 Å². The number of hydrogen-bond acceptors (Lipinski definition) is 3. The standard InChI is InChI=1S/C16H15N3O/c1-19-11-15(14-5-3-4-6-16(14)19)18-17-12-7-9-13(20-2)10-8-12/h3-11H,1-2H3. The molecule has 0 fully saturated rings. The fourth-order valence-corrected chi connectivity index (χ4v) is 2.16. The van der Waals surface area contributed by atoms with E-state index in [1.807, 2.05) is 49.6 Å². The number of azo groups is 1. The molecule has 1 aromatic heterocycles. The third-order valence-corrected chi connectivity index (χ3v) is 3.22. The zero-order chi connectivity index (χ0) is 13.9. The lowest BCUT2D eigenvalue weighted by molar-refractivity contribution is 0.415. The molecule has 0 atom stereocenters. The van der Waals surface area contributed by atoms with E-state index in [2.05, 4.69) is 26.9 Å². The van der Waals surface area contributed by atoms with Crippen LogP contribution in [-0.2, 0) is 7.05 Å². The van der Waals surface area contributed by atoms with Crippen LogP contribution in [0.15, 0.2) is 65.0 Å². The highest BCUT2D eigenvalue weighted by molar-refractivity contribution is 5.91. The maximum atomic E-state index is 5.12. The van der Waals surface area contributed by atoms with E-state index < -0.39 is 0 Å². The zero-order valence-corrected chi connectivity index (χ0v) is 11.4. The molecule has 0 spiro atoms. The van der Waals surface area contributed by atoms with Crippen molar-refractivity contribution in [3.05, 3.63) is 54.7 Å². The first-order chi connectivity index (χ1) is 9.78. The maximum Gasteiger partial charge on any atom is 0.119 e. The topological polar surface area (TPSA) is 38.9 Å². The van der Waals surface area contributed by atoms with Crippen molar-refractivity contribution in [3.8, 4) is 5.75 Å². The van der Waals surface area contributed by atoms with E-state index in [4.69, 9.17) is 4.74 Å². The maximum absolute atomic E-state index is 5.12. The van der Waals surface area contributed by atoms with Crippen molar-refractivity contribution in [3.63, 3.8) is 0 Å². The van der Waals surface area contributed by atoms with E-state index in [1.165, 1.54) is 0 Å². The molecule has 0 aliphatic heterocycles. The van der Waals surface area contributed by atoms with Gasteiger partial charge in [-0.1, -0.05) is 18.2 Å². The lowest BCUT2D eigenvalue weighted by Gasteiger charge is -1.97. The lowest BCUT2D eigenvalue weighted by atomic mass is 10.2. The molecule has 3 aromatic rings. The van der Waals surface area contributed by atoms with Crippen LogP contribution in [0, 0.1) is 0 Å². The minimum atomic E-state index is 0.804. The van der Waals surface area contributed by atoms with Gasteiger partial charge in [-0.25, -0.2) is 0 Å². The number of aryl methyl sites for hydroxylation is 1. The highest BCUT2D eigenvalue weighted by Crippen LogP contribution is 2.29. The van der Waals surface area contributed by atoms with Crippen molar-refractivity contribution in [2.75, 3.05) is 7.11 Å². The monoisotopic (exact) mass is 265 g/mol. The van der Waals surface area contributed by atoms with E-state index in [0.29, 0.717) is 0 Å². The third-order valence-electron chi connectivity index (χ3n) is 3.22. The quantitative estimate of drug-likeness (QED) is 0.638. The van der Waals surface area contributed by atoms with E-state index in [9.17, 15) is 0 Å². The Balaban J connectivity index is 1.94. The number of nitrogens with zero attached hydrogens (tertiary/aromatic N) is 3. The summed E-state index contributed by atoms with van der Waals surface area (Å²) in [5, 5.41) is 9.72. The summed E-state index contributed by atoms with van der Waals surface area (Å²) < 4.78 is 7.17. The van der Waals surface area contributed by atoms with Crippen molar-refractivity contribution in [1.82, 2.24) is 4.57 Å². The number of rotatable bonds is 3. The summed E-state index contributed by atoms with van der Waals surface area (Å²) in [6.45, 7) is 0. The molecule has 4 nitrogen and oxygen atoms in total. The summed E-state index contributed by atoms with van der Waals surface area (Å²) in [7, 11) is 3.65. The van der Waals surface area contributed by atoms with Crippen molar-refractivity contribution in [1.29, 1.82) is 0 Å². The molecule has 0 N–H and O–H groups in total. The van der Waals surface area contributed by atoms with Crippen LogP contribution in [0.25, 0.3) is 10.9 Å². The van der Waals surface area contributed by atoms with Crippen molar-refractivity contribution < 1.29 is 4.74 Å². The predicted octanol–water partition coefficient (Wildman–Crippen LogP) is 4.60. The van der Waals surface area contributed by atoms with Gasteiger partial charge in [-0.15, -0.1) is 5.11 Å². The van der Waals surface area contributed by atoms with Crippen LogP contribution >= 0.6 is 0 Å². The highest BCUT2D eigenvalue weighted by Gasteiger charge is 2.04. The Morgan fingerprint density at radius 3 is 2.45 bits per heavy atom. The first-order valence-corrected chi connectivity index (χ1v) is 6.38. The molecule has 100 valence electrons. The molecule has 0 saturated carbocycles. The van der Waals surface area contributed by atoms with Gasteiger partial charge in [-0.2, -0.15) is 5.11 Å². The summed E-state index contributed by atoms with van der Waals surface area (Å²) in [6.07, 6.45) is 1.98. The number of aromatic nitrogens is 1. The number of ether oxygens (including phenoxy) is 1. The highest BCUT2D eigenvalue weighted by atomic mass is 16.5. The molecule has 0 amide bonds. The second-order valence-corrected chi connectivity index (χ2v) is 4.54. The van der Waals surface area contributed by atoms with Crippen LogP contribution in [-0.4, -0.2) is 11.7 Å². The molecule has 0 bridgehead atoms. The second kappa shape index (κ2) is 5.17. The first-order valence-electron chi connectivity index (χ1n) is 6.38. The van der Waals surface area contributed by atoms with Gasteiger partial charge in [-0.3, -0.25) is 0 Å². The Hall–Kier alpha value is -2.62. The van der Waals surface area contributed by atoms with Crippen molar-refractivity contribution in [2.24, 2.45) is 17.3 Å². The molecule has 0 radical (unpaired) electrons. The SMILES string of the molecule is COc1ccc(N=Nc2cn(C)c3ccccc23)cc1. The number of hydrogen-bond donors (Lipinski definition) is 0. The van der Waals surface area contributed by atoms with Crippen molar-refractivity contribution >= 4 is 22.3 Å². The number of methoxy groups -OCH3 is 1. The Labute approximate surface area is 117 Å². The van der Waals surface area contributed by atoms with E-state index in [1.54, 1.807) is 7.11 Å². The molecule has 0 aliphatic carbocycles. The van der Waals surface area contributed by atoms with Crippen LogP contribution in [0.1, 0.15) is 0 Å². The number of benzene rings is 2. The van der Waals surface area contributed by atoms with E-state index in [-0.39, 0.29) is 0 Å². The van der Waals surface area contributed by atoms with Gasteiger partial charge in [0.15, 0.2) is 0 Å². The molecule has 4 heteroatoms. The van der Waals surface area contributed by atoms with E-state index >= 15 is 0 Å². The summed E-state index contributed by atoms with van der Waals surface area (Å²) >= 11 is 0. The number of para-hydroxylation sites is 1. The van der Waals surface area contributed by atoms with Crippen LogP contribution in [0.5, 0.6) is 5.75 Å². The predicted molar refractivity (Wildman–Crippen MR) is 80.1 cm³/mol. The van der Waals surface area contributed by atoms with E-state index in [0.717, 1.165) is 28.0 Å². The summed E-state index contributed by atoms with van der Waals surface area (Å²) in [4.78, 5) is 0. The van der Waals surface area contributed by atoms with Gasteiger partial charge in [0.1, 0.15) is 11.4 Å². The van der Waals surface area contributed by atoms with Crippen LogP contribution < -0.4 is 4.74 Å². The fraction of sp³-hybridized carbons (Fsp3) is 0.125. The first kappa shape index (κ1) is 12.4. The summed E-state index contributed by atoms with van der Waals surface area (Å²) in [5.74, 6) is 0.814. The lowest BCUT2D eigenvalue weighted by Crippen LogP contribution is -1.81. The average molecular weight is 265 g/mol. The average Bonchev–Trinajstić information content (AvgIpc) is 2.83. The van der Waals surface area contributed by atoms with Gasteiger partial charge >= 0.3 is 0 Å². The third kappa shape index (κ3) is 2.28. The number of fused-ring (bicyclic) bond motifs is 1. The van der Waals surface area contributed by atoms with Gasteiger partial charge in [0, 0.05) is 18.6 Å². The summed E-state index contributed by atoms with van der Waals surface area (Å²) in [6, 6.07) is 15.7. The molecule has 0 aliphatic rings. The molecule has 0 saturated heterocycles. The molecule has 0 unspecified atom stereocenters. The second-order valence-electron chi connectivity index (χ2n) is 4.54. The Kier molecular flexibility index (Phi) is 3.21. The van der Waals surface area contributed by atoms with Gasteiger partial charge in [0.25, 0.3) is 0 Å². The van der Waals surface area contributed by atoms with Crippen LogP contribution in [0.4, 0.5) is 11.4 Å². The van der Waals surface area contributed by atoms with Gasteiger partial charge in [0.2, 0.25) is 0 Å². The molecular weight excluding hydrogens is 250 g/mol. The summed E-state index contributed by atoms with van der Waals surface area (Å²) in [5.41, 5.74) is 2.83. The molecule has 3 rings (SSSR count). The zero-order valence-electron chi connectivity index (χ0n) is 11.4. The molecule has 1 heterocycles. The minimum absolute atomic E-state index is 0.804. The smallest absolute Gasteiger partial charge is 0.119 e. The van der Waals surface area contributed by atoms with Crippen LogP contribution in [0.3, 0.4) is 0 Å². The Morgan fingerprint density at radius 2 is 1.70 bits per heavy atom. The molecule has 20 heavy (non-hydrogen) atoms. The largest absolute Gasteiger partial charge is 0.497 e. The Bertz CT molecular complexity index is 757. The molecular formula is C16H15N3O. The van der Waals surface area contributed by atoms with Crippen LogP contribution in [0.2, 0.25) is 0 Å². The van der Waals surface area contributed by atoms with Gasteiger partial charge < -0.3 is 9.30 Å². The normalized spacial score (nSPS) is 11.3. The Morgan fingerprint density at radius 1 is 0.950 bits per heavy atom. The molecule has 2 aromatic carbocycles. The minimum Gasteiger partial charge on any atom is -0.497 e. The fourth-order valence-electron chi connectivity index (χ4n) is 2.16.